The summed E-state index contributed by atoms with van der Waals surface area (Å²) in [5.74, 6) is 2.40. The first kappa shape index (κ1) is 13.7. The molecule has 2 N–H and O–H groups in total. The summed E-state index contributed by atoms with van der Waals surface area (Å²) in [6.45, 7) is 7.21. The maximum Gasteiger partial charge on any atom is 0.134 e. The Labute approximate surface area is 103 Å². The second-order valence-electron chi connectivity index (χ2n) is 4.31. The van der Waals surface area contributed by atoms with E-state index in [4.69, 9.17) is 0 Å². The summed E-state index contributed by atoms with van der Waals surface area (Å²) in [4.78, 5) is 10.6. The molecule has 17 heavy (non-hydrogen) atoms. The van der Waals surface area contributed by atoms with Gasteiger partial charge in [0.1, 0.15) is 17.5 Å². The lowest BCUT2D eigenvalue weighted by Gasteiger charge is -2.20. The van der Waals surface area contributed by atoms with Crippen LogP contribution in [0.5, 0.6) is 0 Å². The molecule has 5 nitrogen and oxygen atoms in total. The van der Waals surface area contributed by atoms with Crippen LogP contribution in [0.1, 0.15) is 26.1 Å². The SMILES string of the molecule is CCCNc1cc(N(C)CC(C)O)nc(C)n1. The zero-order chi connectivity index (χ0) is 12.8. The standard InChI is InChI=1S/C12H22N4O/c1-5-6-13-11-7-12(15-10(3)14-11)16(4)8-9(2)17/h7,9,17H,5-6,8H2,1-4H3,(H,13,14,15). The Hall–Kier alpha value is -1.36. The number of nitrogens with zero attached hydrogens (tertiary/aromatic N) is 3. The van der Waals surface area contributed by atoms with E-state index < -0.39 is 0 Å². The van der Waals surface area contributed by atoms with Crippen LogP contribution in [-0.2, 0) is 0 Å². The summed E-state index contributed by atoms with van der Waals surface area (Å²) in [5, 5.41) is 12.6. The molecule has 0 aliphatic rings. The maximum absolute atomic E-state index is 9.36. The van der Waals surface area contributed by atoms with Gasteiger partial charge < -0.3 is 15.3 Å². The number of aliphatic hydroxyl groups excluding tert-OH is 1. The van der Waals surface area contributed by atoms with E-state index in [9.17, 15) is 5.11 Å². The van der Waals surface area contributed by atoms with Crippen LogP contribution in [0.3, 0.4) is 0 Å². The molecule has 1 aromatic heterocycles. The second kappa shape index (κ2) is 6.39. The summed E-state index contributed by atoms with van der Waals surface area (Å²) in [7, 11) is 1.91. The molecule has 1 rings (SSSR count). The van der Waals surface area contributed by atoms with Crippen LogP contribution in [0.4, 0.5) is 11.6 Å². The molecule has 96 valence electrons. The van der Waals surface area contributed by atoms with Crippen molar-refractivity contribution in [2.45, 2.75) is 33.3 Å². The molecule has 0 saturated carbocycles. The number of aromatic nitrogens is 2. The Morgan fingerprint density at radius 2 is 2.18 bits per heavy atom. The van der Waals surface area contributed by atoms with E-state index >= 15 is 0 Å². The monoisotopic (exact) mass is 238 g/mol. The van der Waals surface area contributed by atoms with Crippen molar-refractivity contribution in [1.82, 2.24) is 9.97 Å². The van der Waals surface area contributed by atoms with Gasteiger partial charge >= 0.3 is 0 Å². The lowest BCUT2D eigenvalue weighted by atomic mass is 10.3. The predicted octanol–water partition coefficient (Wildman–Crippen LogP) is 1.42. The molecule has 0 aromatic carbocycles. The predicted molar refractivity (Wildman–Crippen MR) is 70.5 cm³/mol. The zero-order valence-corrected chi connectivity index (χ0v) is 11.1. The summed E-state index contributed by atoms with van der Waals surface area (Å²) in [6.07, 6.45) is 0.685. The van der Waals surface area contributed by atoms with Crippen LogP contribution in [0.2, 0.25) is 0 Å². The van der Waals surface area contributed by atoms with Crippen molar-refractivity contribution in [3.05, 3.63) is 11.9 Å². The van der Waals surface area contributed by atoms with Gasteiger partial charge in [0.05, 0.1) is 6.10 Å². The van der Waals surface area contributed by atoms with Gasteiger partial charge in [0.2, 0.25) is 0 Å². The van der Waals surface area contributed by atoms with Crippen molar-refractivity contribution in [3.63, 3.8) is 0 Å². The largest absolute Gasteiger partial charge is 0.392 e. The molecule has 1 atom stereocenters. The number of hydrogen-bond donors (Lipinski definition) is 2. The molecule has 1 aromatic rings. The first-order valence-electron chi connectivity index (χ1n) is 6.01. The van der Waals surface area contributed by atoms with E-state index in [-0.39, 0.29) is 6.10 Å². The Balaban J connectivity index is 2.80. The normalized spacial score (nSPS) is 12.3. The fraction of sp³-hybridized carbons (Fsp3) is 0.667. The maximum atomic E-state index is 9.36. The van der Waals surface area contributed by atoms with Crippen molar-refractivity contribution in [1.29, 1.82) is 0 Å². The molecule has 0 bridgehead atoms. The van der Waals surface area contributed by atoms with Crippen LogP contribution in [0.25, 0.3) is 0 Å². The molecule has 0 fully saturated rings. The summed E-state index contributed by atoms with van der Waals surface area (Å²) < 4.78 is 0. The van der Waals surface area contributed by atoms with Crippen LogP contribution in [-0.4, -0.2) is 41.3 Å². The summed E-state index contributed by atoms with van der Waals surface area (Å²) in [5.41, 5.74) is 0. The molecule has 0 saturated heterocycles. The highest BCUT2D eigenvalue weighted by Gasteiger charge is 2.08. The average Bonchev–Trinajstić information content (AvgIpc) is 2.24. The van der Waals surface area contributed by atoms with Crippen molar-refractivity contribution >= 4 is 11.6 Å². The Morgan fingerprint density at radius 1 is 1.47 bits per heavy atom. The van der Waals surface area contributed by atoms with Crippen LogP contribution in [0.15, 0.2) is 6.07 Å². The Bertz CT molecular complexity index is 354. The minimum absolute atomic E-state index is 0.373. The number of anilines is 2. The number of likely N-dealkylation sites (N-methyl/N-ethyl adjacent to an activating group) is 1. The van der Waals surface area contributed by atoms with Gasteiger partial charge in [0.25, 0.3) is 0 Å². The lowest BCUT2D eigenvalue weighted by Crippen LogP contribution is -2.28. The first-order chi connectivity index (χ1) is 8.02. The van der Waals surface area contributed by atoms with Crippen molar-refractivity contribution in [2.24, 2.45) is 0 Å². The lowest BCUT2D eigenvalue weighted by molar-refractivity contribution is 0.201. The number of hydrogen-bond acceptors (Lipinski definition) is 5. The van der Waals surface area contributed by atoms with Crippen LogP contribution >= 0.6 is 0 Å². The van der Waals surface area contributed by atoms with E-state index in [1.54, 1.807) is 6.92 Å². The highest BCUT2D eigenvalue weighted by atomic mass is 16.3. The van der Waals surface area contributed by atoms with Gasteiger partial charge in [-0.2, -0.15) is 0 Å². The fourth-order valence-corrected chi connectivity index (χ4v) is 1.58. The molecule has 0 radical (unpaired) electrons. The molecule has 1 unspecified atom stereocenters. The van der Waals surface area contributed by atoms with E-state index in [0.717, 1.165) is 30.4 Å². The fourth-order valence-electron chi connectivity index (χ4n) is 1.58. The highest BCUT2D eigenvalue weighted by Crippen LogP contribution is 2.14. The molecule has 0 aliphatic carbocycles. The van der Waals surface area contributed by atoms with Gasteiger partial charge in [-0.3, -0.25) is 0 Å². The summed E-state index contributed by atoms with van der Waals surface area (Å²) >= 11 is 0. The first-order valence-corrected chi connectivity index (χ1v) is 6.01. The van der Waals surface area contributed by atoms with E-state index in [0.29, 0.717) is 6.54 Å². The smallest absolute Gasteiger partial charge is 0.134 e. The van der Waals surface area contributed by atoms with Gasteiger partial charge in [0.15, 0.2) is 0 Å². The number of rotatable bonds is 6. The molecule has 1 heterocycles. The third-order valence-corrected chi connectivity index (χ3v) is 2.31. The van der Waals surface area contributed by atoms with E-state index in [2.05, 4.69) is 22.2 Å². The van der Waals surface area contributed by atoms with Crippen LogP contribution < -0.4 is 10.2 Å². The topological polar surface area (TPSA) is 61.3 Å². The van der Waals surface area contributed by atoms with E-state index in [1.807, 2.05) is 24.9 Å². The van der Waals surface area contributed by atoms with Gasteiger partial charge in [-0.1, -0.05) is 6.92 Å². The Kier molecular flexibility index (Phi) is 5.15. The van der Waals surface area contributed by atoms with Gasteiger partial charge in [0, 0.05) is 26.2 Å². The molecule has 0 amide bonds. The molecule has 0 spiro atoms. The van der Waals surface area contributed by atoms with Crippen molar-refractivity contribution in [3.8, 4) is 0 Å². The minimum Gasteiger partial charge on any atom is -0.392 e. The number of aryl methyl sites for hydroxylation is 1. The number of nitrogens with one attached hydrogen (secondary N) is 1. The highest BCUT2D eigenvalue weighted by molar-refractivity contribution is 5.48. The molecular formula is C12H22N4O. The third-order valence-electron chi connectivity index (χ3n) is 2.31. The summed E-state index contributed by atoms with van der Waals surface area (Å²) in [6, 6.07) is 1.91. The molecule has 0 aliphatic heterocycles. The van der Waals surface area contributed by atoms with Crippen molar-refractivity contribution in [2.75, 3.05) is 30.4 Å². The zero-order valence-electron chi connectivity index (χ0n) is 11.1. The van der Waals surface area contributed by atoms with Crippen LogP contribution in [0, 0.1) is 6.92 Å². The molecular weight excluding hydrogens is 216 g/mol. The van der Waals surface area contributed by atoms with Crippen molar-refractivity contribution < 1.29 is 5.11 Å². The van der Waals surface area contributed by atoms with Gasteiger partial charge in [-0.15, -0.1) is 0 Å². The Morgan fingerprint density at radius 3 is 2.76 bits per heavy atom. The van der Waals surface area contributed by atoms with Gasteiger partial charge in [-0.25, -0.2) is 9.97 Å². The molecule has 5 heteroatoms. The second-order valence-corrected chi connectivity index (χ2v) is 4.31. The quantitative estimate of drug-likeness (QED) is 0.785. The average molecular weight is 238 g/mol. The van der Waals surface area contributed by atoms with E-state index in [1.165, 1.54) is 0 Å². The third kappa shape index (κ3) is 4.56. The minimum atomic E-state index is -0.373. The van der Waals surface area contributed by atoms with Gasteiger partial charge in [-0.05, 0) is 20.3 Å². The number of aliphatic hydroxyl groups is 1.